The highest BCUT2D eigenvalue weighted by Gasteiger charge is 2.28. The van der Waals surface area contributed by atoms with Crippen LogP contribution in [-0.2, 0) is 13.1 Å². The van der Waals surface area contributed by atoms with E-state index < -0.39 is 6.04 Å². The predicted octanol–water partition coefficient (Wildman–Crippen LogP) is 0.222. The lowest BCUT2D eigenvalue weighted by Crippen LogP contribution is -2.37. The molecule has 0 saturated heterocycles. The summed E-state index contributed by atoms with van der Waals surface area (Å²) < 4.78 is 0. The van der Waals surface area contributed by atoms with Gasteiger partial charge in [0.25, 0.3) is 0 Å². The molecule has 0 radical (unpaired) electrons. The van der Waals surface area contributed by atoms with Gasteiger partial charge in [0.1, 0.15) is 47.4 Å². The summed E-state index contributed by atoms with van der Waals surface area (Å²) in [5.41, 5.74) is -0.678. The standard InChI is InChI=1S/C19H8N12/c1-31-9-16-19(30-13(5-23)11(3-21)28-16)18-15(8-26-14(6-24)17(31)7-25)27-10(2-20)12(4-22)29-18/h17H,8-9H2,1H3. The summed E-state index contributed by atoms with van der Waals surface area (Å²) in [5, 5.41) is 56.3. The van der Waals surface area contributed by atoms with E-state index in [1.54, 1.807) is 31.3 Å². The number of nitrogens with zero attached hydrogens (tertiary/aromatic N) is 12. The summed E-state index contributed by atoms with van der Waals surface area (Å²) in [6.45, 7) is -0.286. The van der Waals surface area contributed by atoms with Crippen LogP contribution in [0.1, 0.15) is 34.2 Å². The van der Waals surface area contributed by atoms with Crippen molar-refractivity contribution in [1.82, 2.24) is 24.8 Å². The number of aliphatic imine (C=N–C) groups is 1. The Balaban J connectivity index is 2.44. The van der Waals surface area contributed by atoms with Crippen LogP contribution in [0.4, 0.5) is 0 Å². The van der Waals surface area contributed by atoms with E-state index in [-0.39, 0.29) is 64.4 Å². The minimum atomic E-state index is -1.02. The van der Waals surface area contributed by atoms with Gasteiger partial charge in [0.2, 0.25) is 0 Å². The van der Waals surface area contributed by atoms with Crippen LogP contribution in [0.15, 0.2) is 4.99 Å². The summed E-state index contributed by atoms with van der Waals surface area (Å²) >= 11 is 0. The van der Waals surface area contributed by atoms with Crippen molar-refractivity contribution >= 4 is 5.71 Å². The lowest BCUT2D eigenvalue weighted by Gasteiger charge is -2.23. The molecule has 0 aliphatic carbocycles. The molecule has 144 valence electrons. The predicted molar refractivity (Wildman–Crippen MR) is 99.5 cm³/mol. The molecule has 12 nitrogen and oxygen atoms in total. The highest BCUT2D eigenvalue weighted by Crippen LogP contribution is 2.27. The number of rotatable bonds is 0. The van der Waals surface area contributed by atoms with Crippen molar-refractivity contribution in [2.45, 2.75) is 19.1 Å². The summed E-state index contributed by atoms with van der Waals surface area (Å²) in [6.07, 6.45) is 0. The molecule has 1 atom stereocenters. The zero-order chi connectivity index (χ0) is 22.5. The summed E-state index contributed by atoms with van der Waals surface area (Å²) in [5.74, 6) is 0. The van der Waals surface area contributed by atoms with Crippen molar-refractivity contribution in [1.29, 1.82) is 31.6 Å². The van der Waals surface area contributed by atoms with Crippen LogP contribution in [0.5, 0.6) is 0 Å². The molecule has 3 rings (SSSR count). The van der Waals surface area contributed by atoms with E-state index in [2.05, 4.69) is 24.9 Å². The van der Waals surface area contributed by atoms with Crippen LogP contribution in [0.3, 0.4) is 0 Å². The van der Waals surface area contributed by atoms with Crippen LogP contribution < -0.4 is 0 Å². The first-order chi connectivity index (χ1) is 15.0. The fourth-order valence-electron chi connectivity index (χ4n) is 2.89. The summed E-state index contributed by atoms with van der Waals surface area (Å²) in [6, 6.07) is 10.0. The Morgan fingerprint density at radius 2 is 1.19 bits per heavy atom. The van der Waals surface area contributed by atoms with Crippen LogP contribution in [0.2, 0.25) is 0 Å². The van der Waals surface area contributed by atoms with Gasteiger partial charge in [-0.2, -0.15) is 31.6 Å². The monoisotopic (exact) mass is 404 g/mol. The maximum Gasteiger partial charge on any atom is 0.177 e. The SMILES string of the molecule is CN1Cc2nc(C#N)c(C#N)nc2-c2nc(C#N)c(C#N)nc2CN=C(C#N)C1C#N. The lowest BCUT2D eigenvalue weighted by molar-refractivity contribution is 0.325. The third-order valence-corrected chi connectivity index (χ3v) is 4.32. The first-order valence-electron chi connectivity index (χ1n) is 8.48. The van der Waals surface area contributed by atoms with Gasteiger partial charge in [0.05, 0.1) is 24.0 Å². The van der Waals surface area contributed by atoms with Gasteiger partial charge in [0.15, 0.2) is 28.8 Å². The normalized spacial score (nSPS) is 15.2. The Morgan fingerprint density at radius 1 is 0.710 bits per heavy atom. The van der Waals surface area contributed by atoms with E-state index in [1.165, 1.54) is 4.90 Å². The van der Waals surface area contributed by atoms with Gasteiger partial charge in [-0.05, 0) is 7.05 Å². The second-order valence-electron chi connectivity index (χ2n) is 6.14. The van der Waals surface area contributed by atoms with Gasteiger partial charge < -0.3 is 0 Å². The third kappa shape index (κ3) is 3.58. The van der Waals surface area contributed by atoms with Crippen LogP contribution in [0, 0.1) is 68.0 Å². The highest BCUT2D eigenvalue weighted by molar-refractivity contribution is 6.04. The molecule has 1 aliphatic heterocycles. The molecule has 12 heteroatoms. The molecule has 2 aromatic rings. The van der Waals surface area contributed by atoms with Crippen molar-refractivity contribution in [3.63, 3.8) is 0 Å². The molecule has 0 spiro atoms. The maximum absolute atomic E-state index is 9.56. The first kappa shape index (κ1) is 20.5. The van der Waals surface area contributed by atoms with Gasteiger partial charge in [-0.3, -0.25) is 9.89 Å². The number of aromatic nitrogens is 4. The Bertz CT molecular complexity index is 1380. The number of hydrogen-bond donors (Lipinski definition) is 0. The molecule has 0 N–H and O–H groups in total. The molecule has 0 aromatic carbocycles. The zero-order valence-corrected chi connectivity index (χ0v) is 15.9. The molecule has 0 bridgehead atoms. The lowest BCUT2D eigenvalue weighted by atomic mass is 10.1. The number of hydrogen-bond acceptors (Lipinski definition) is 12. The van der Waals surface area contributed by atoms with Gasteiger partial charge in [-0.1, -0.05) is 0 Å². The minimum absolute atomic E-state index is 0.0453. The van der Waals surface area contributed by atoms with E-state index in [4.69, 9.17) is 0 Å². The largest absolute Gasteiger partial charge is 0.280 e. The summed E-state index contributed by atoms with van der Waals surface area (Å²) in [7, 11) is 1.56. The Hall–Kier alpha value is -5.27. The molecule has 3 heterocycles. The van der Waals surface area contributed by atoms with Gasteiger partial charge in [-0.25, -0.2) is 19.9 Å². The minimum Gasteiger partial charge on any atom is -0.280 e. The second kappa shape index (κ2) is 8.39. The van der Waals surface area contributed by atoms with E-state index in [0.29, 0.717) is 0 Å². The van der Waals surface area contributed by atoms with Crippen molar-refractivity contribution in [2.24, 2.45) is 4.99 Å². The molecule has 1 aliphatic rings. The molecule has 0 amide bonds. The van der Waals surface area contributed by atoms with E-state index in [9.17, 15) is 31.6 Å². The maximum atomic E-state index is 9.56. The third-order valence-electron chi connectivity index (χ3n) is 4.32. The fourth-order valence-corrected chi connectivity index (χ4v) is 2.89. The van der Waals surface area contributed by atoms with E-state index >= 15 is 0 Å². The molecule has 0 saturated carbocycles. The van der Waals surface area contributed by atoms with Gasteiger partial charge in [0, 0.05) is 6.54 Å². The van der Waals surface area contributed by atoms with Crippen molar-refractivity contribution < 1.29 is 0 Å². The van der Waals surface area contributed by atoms with E-state index in [0.717, 1.165) is 0 Å². The average Bonchev–Trinajstić information content (AvgIpc) is 2.80. The highest BCUT2D eigenvalue weighted by atomic mass is 15.2. The second-order valence-corrected chi connectivity index (χ2v) is 6.14. The molecule has 31 heavy (non-hydrogen) atoms. The fraction of sp³-hybridized carbons (Fsp3) is 0.211. The van der Waals surface area contributed by atoms with Crippen LogP contribution in [0.25, 0.3) is 11.4 Å². The van der Waals surface area contributed by atoms with Crippen LogP contribution in [-0.4, -0.2) is 43.6 Å². The topological polar surface area (TPSA) is 210 Å². The number of fused-ring (bicyclic) bond motifs is 3. The molecular weight excluding hydrogens is 396 g/mol. The van der Waals surface area contributed by atoms with Crippen molar-refractivity contribution in [2.75, 3.05) is 7.05 Å². The van der Waals surface area contributed by atoms with Crippen molar-refractivity contribution in [3.8, 4) is 47.8 Å². The Labute approximate surface area is 175 Å². The molecular formula is C19H8N12. The molecule has 2 aromatic heterocycles. The smallest absolute Gasteiger partial charge is 0.177 e. The average molecular weight is 404 g/mol. The van der Waals surface area contributed by atoms with Crippen LogP contribution >= 0.6 is 0 Å². The number of nitriles is 6. The quantitative estimate of drug-likeness (QED) is 0.579. The molecule has 1 unspecified atom stereocenters. The Morgan fingerprint density at radius 3 is 1.68 bits per heavy atom. The van der Waals surface area contributed by atoms with Crippen molar-refractivity contribution in [3.05, 3.63) is 34.2 Å². The molecule has 0 fully saturated rings. The van der Waals surface area contributed by atoms with Gasteiger partial charge >= 0.3 is 0 Å². The summed E-state index contributed by atoms with van der Waals surface area (Å²) in [4.78, 5) is 22.4. The van der Waals surface area contributed by atoms with E-state index in [1.807, 2.05) is 12.1 Å². The zero-order valence-electron chi connectivity index (χ0n) is 15.9. The Kier molecular flexibility index (Phi) is 5.54. The van der Waals surface area contributed by atoms with Gasteiger partial charge in [-0.15, -0.1) is 0 Å². The first-order valence-corrected chi connectivity index (χ1v) is 8.48.